The van der Waals surface area contributed by atoms with E-state index in [1.807, 2.05) is 13.8 Å². The molecule has 6 nitrogen and oxygen atoms in total. The van der Waals surface area contributed by atoms with Gasteiger partial charge in [-0.1, -0.05) is 45.4 Å². The summed E-state index contributed by atoms with van der Waals surface area (Å²) in [6.45, 7) is 10.8. The molecule has 0 aliphatic carbocycles. The van der Waals surface area contributed by atoms with E-state index in [0.29, 0.717) is 0 Å². The van der Waals surface area contributed by atoms with E-state index in [1.165, 1.54) is 11.1 Å². The van der Waals surface area contributed by atoms with Crippen molar-refractivity contribution in [1.82, 2.24) is 4.90 Å². The molecule has 0 aromatic heterocycles. The number of hydrogen-bond acceptors (Lipinski definition) is 6. The van der Waals surface area contributed by atoms with Gasteiger partial charge in [-0.3, -0.25) is 4.79 Å². The van der Waals surface area contributed by atoms with Crippen LogP contribution in [0.25, 0.3) is 0 Å². The molecule has 2 aliphatic heterocycles. The van der Waals surface area contributed by atoms with Gasteiger partial charge in [0.15, 0.2) is 19.3 Å². The molecule has 18 heteroatoms. The maximum atomic E-state index is 14.0. The van der Waals surface area contributed by atoms with Gasteiger partial charge in [0.25, 0.3) is 0 Å². The van der Waals surface area contributed by atoms with Gasteiger partial charge in [-0.2, -0.15) is 0 Å². The van der Waals surface area contributed by atoms with E-state index in [-0.39, 0.29) is 33.9 Å². The molecule has 222 valence electrons. The first-order valence-electron chi connectivity index (χ1n) is 16.2. The molecule has 4 atom stereocenters. The lowest BCUT2D eigenvalue weighted by Gasteiger charge is -2.79. The number of esters is 1. The minimum atomic E-state index is -0.885. The number of benzene rings is 1. The van der Waals surface area contributed by atoms with Gasteiger partial charge >= 0.3 is 5.97 Å². The van der Waals surface area contributed by atoms with Crippen LogP contribution in [0.4, 0.5) is 0 Å². The topological polar surface area (TPSA) is 74.0 Å². The van der Waals surface area contributed by atoms with E-state index >= 15 is 0 Å². The highest BCUT2D eigenvalue weighted by Crippen LogP contribution is 2.72. The van der Waals surface area contributed by atoms with Crippen molar-refractivity contribution >= 4 is 111 Å². The van der Waals surface area contributed by atoms with Crippen LogP contribution in [0.1, 0.15) is 58.2 Å². The number of hydrogen-bond donors (Lipinski definition) is 1. The monoisotopic (exact) mass is 577 g/mol. The van der Waals surface area contributed by atoms with Crippen LogP contribution in [0.3, 0.4) is 0 Å². The Hall–Kier alpha value is -1.01. The third kappa shape index (κ3) is 4.80. The molecule has 1 aromatic rings. The quantitative estimate of drug-likeness (QED) is 0.269. The van der Waals surface area contributed by atoms with Crippen LogP contribution in [-0.4, -0.2) is 141 Å². The van der Waals surface area contributed by atoms with Gasteiger partial charge in [0.05, 0.1) is 19.7 Å². The normalized spacial score (nSPS) is 29.6. The van der Waals surface area contributed by atoms with E-state index in [9.17, 15) is 4.79 Å². The molecule has 0 amide bonds. The molecule has 0 saturated carbocycles. The summed E-state index contributed by atoms with van der Waals surface area (Å²) < 4.78 is 19.0. The first-order valence-corrected chi connectivity index (χ1v) is 16.2. The molecular weight excluding hydrogens is 522 g/mol. The van der Waals surface area contributed by atoms with Gasteiger partial charge in [-0.05, 0) is 55.4 Å². The predicted molar refractivity (Wildman–Crippen MR) is 214 cm³/mol. The van der Waals surface area contributed by atoms with E-state index in [0.717, 1.165) is 28.8 Å². The lowest BCUT2D eigenvalue weighted by molar-refractivity contribution is -0.174. The summed E-state index contributed by atoms with van der Waals surface area (Å²) in [5.41, 5.74) is 10.3. The zero-order valence-electron chi connectivity index (χ0n) is 31.1. The Labute approximate surface area is 273 Å². The summed E-state index contributed by atoms with van der Waals surface area (Å²) in [7, 11) is 31.2. The SMILES string of the molecule is Bc1c(OC)c(OC)c(B)c2c1C1N(C(B)(B)C2(B)B)C(B)(B)C(B)(CC(C)(C)C)C(B)(OC(=O)[C@@H](N)C(C)C)C1(B)B. The summed E-state index contributed by atoms with van der Waals surface area (Å²) in [5, 5.41) is -1.97. The van der Waals surface area contributed by atoms with E-state index < -0.39 is 27.4 Å². The summed E-state index contributed by atoms with van der Waals surface area (Å²) in [6.07, 6.45) is 0.855. The number of piperidine rings is 1. The van der Waals surface area contributed by atoms with Gasteiger partial charge in [-0.25, -0.2) is 0 Å². The van der Waals surface area contributed by atoms with Crippen LogP contribution in [0, 0.1) is 11.3 Å². The van der Waals surface area contributed by atoms with Crippen molar-refractivity contribution in [3.05, 3.63) is 11.1 Å². The second-order valence-electron chi connectivity index (χ2n) is 17.6. The van der Waals surface area contributed by atoms with Gasteiger partial charge in [-0.15, -0.1) is 0 Å². The number of carbonyl (C=O) groups excluding carboxylic acids is 1. The third-order valence-electron chi connectivity index (χ3n) is 12.7. The van der Waals surface area contributed by atoms with Crippen LogP contribution in [0.5, 0.6) is 11.5 Å². The van der Waals surface area contributed by atoms with Gasteiger partial charge in [0.1, 0.15) is 92.4 Å². The molecule has 1 aromatic carbocycles. The molecule has 3 rings (SSSR count). The van der Waals surface area contributed by atoms with Crippen molar-refractivity contribution < 1.29 is 19.0 Å². The highest BCUT2D eigenvalue weighted by atomic mass is 16.6. The minimum Gasteiger partial charge on any atom is -0.493 e. The molecule has 2 heterocycles. The highest BCUT2D eigenvalue weighted by molar-refractivity contribution is 6.59. The molecule has 43 heavy (non-hydrogen) atoms. The highest BCUT2D eigenvalue weighted by Gasteiger charge is 2.74. The predicted octanol–water partition coefficient (Wildman–Crippen LogP) is -9.68. The summed E-state index contributed by atoms with van der Waals surface area (Å²) in [5.74, 6) is 1.20. The molecule has 0 radical (unpaired) electrons. The Balaban J connectivity index is 2.61. The lowest BCUT2D eigenvalue weighted by Crippen LogP contribution is -2.86. The number of carbonyl (C=O) groups is 1. The summed E-state index contributed by atoms with van der Waals surface area (Å²) >= 11 is 0. The smallest absolute Gasteiger partial charge is 0.322 e. The minimum absolute atomic E-state index is 0.0286. The zero-order chi connectivity index (χ0) is 33.7. The largest absolute Gasteiger partial charge is 0.493 e. The van der Waals surface area contributed by atoms with Crippen molar-refractivity contribution in [3.8, 4) is 11.5 Å². The van der Waals surface area contributed by atoms with Crippen LogP contribution >= 0.6 is 0 Å². The van der Waals surface area contributed by atoms with Gasteiger partial charge < -0.3 is 24.8 Å². The zero-order valence-corrected chi connectivity index (χ0v) is 31.1. The van der Waals surface area contributed by atoms with Crippen molar-refractivity contribution in [2.24, 2.45) is 17.1 Å². The fourth-order valence-electron chi connectivity index (χ4n) is 9.42. The molecule has 0 bridgehead atoms. The molecular formula is C25H52B12N2O4. The lowest BCUT2D eigenvalue weighted by atomic mass is 9.16. The van der Waals surface area contributed by atoms with E-state index in [1.54, 1.807) is 14.2 Å². The fraction of sp³-hybridized carbons (Fsp3) is 0.720. The molecule has 1 saturated heterocycles. The molecule has 0 spiro atoms. The Bertz CT molecular complexity index is 1300. The van der Waals surface area contributed by atoms with Crippen LogP contribution in [0.2, 0.25) is 10.5 Å². The van der Waals surface area contributed by atoms with Crippen LogP contribution < -0.4 is 26.1 Å². The van der Waals surface area contributed by atoms with Crippen LogP contribution in [0.15, 0.2) is 0 Å². The Morgan fingerprint density at radius 1 is 0.884 bits per heavy atom. The second-order valence-corrected chi connectivity index (χ2v) is 17.6. The second kappa shape index (κ2) is 10.8. The first kappa shape index (κ1) is 36.5. The Morgan fingerprint density at radius 2 is 1.35 bits per heavy atom. The van der Waals surface area contributed by atoms with Gasteiger partial charge in [0.2, 0.25) is 0 Å². The fourth-order valence-corrected chi connectivity index (χ4v) is 9.42. The van der Waals surface area contributed by atoms with Crippen molar-refractivity contribution in [2.75, 3.05) is 14.2 Å². The third-order valence-corrected chi connectivity index (χ3v) is 12.7. The molecule has 2 aliphatic rings. The first-order chi connectivity index (χ1) is 19.2. The van der Waals surface area contributed by atoms with Gasteiger partial charge in [0, 0.05) is 6.04 Å². The summed E-state index contributed by atoms with van der Waals surface area (Å²) in [4.78, 5) is 16.7. The average molecular weight is 574 g/mol. The molecule has 3 unspecified atom stereocenters. The van der Waals surface area contributed by atoms with Crippen molar-refractivity contribution in [1.29, 1.82) is 0 Å². The van der Waals surface area contributed by atoms with Crippen LogP contribution in [-0.2, 0) is 14.7 Å². The molecule has 2 N–H and O–H groups in total. The number of nitrogens with zero attached hydrogens (tertiary/aromatic N) is 1. The average Bonchev–Trinajstić information content (AvgIpc) is 2.83. The van der Waals surface area contributed by atoms with Crippen molar-refractivity contribution in [3.63, 3.8) is 0 Å². The summed E-state index contributed by atoms with van der Waals surface area (Å²) in [6, 6.07) is -0.796. The Kier molecular flexibility index (Phi) is 9.14. The Morgan fingerprint density at radius 3 is 1.77 bits per heavy atom. The number of fused-ring (bicyclic) bond motifs is 3. The maximum Gasteiger partial charge on any atom is 0.322 e. The van der Waals surface area contributed by atoms with Crippen molar-refractivity contribution in [2.45, 2.75) is 85.0 Å². The number of methoxy groups -OCH3 is 2. The number of ether oxygens (including phenoxy) is 3. The number of rotatable bonds is 6. The van der Waals surface area contributed by atoms with E-state index in [4.69, 9.17) is 19.9 Å². The molecule has 1 fully saturated rings. The maximum absolute atomic E-state index is 14.0. The standard InChI is InChI=1S/C25H52B12N2O4/c1-9(2)14(38)18(40)43-23(33)20(28,8-19(3,4)5)24(34,35)39-17(22(23,31)32)10-11(21(29,30)25(39,36)37)13(27)16(42-7)15(41-6)12(10)26/h9,14,17H,8,26-38H2,1-7H3/t14-,17?,20?,23?/m0/s1. The number of nitrogens with two attached hydrogens (primary N) is 1. The van der Waals surface area contributed by atoms with E-state index in [2.05, 4.69) is 120 Å².